The number of hydrogen-bond donors (Lipinski definition) is 3. The van der Waals surface area contributed by atoms with Crippen LogP contribution < -0.4 is 10.6 Å². The molecule has 6 nitrogen and oxygen atoms in total. The largest absolute Gasteiger partial charge is 0.478 e. The minimum atomic E-state index is -1.04. The van der Waals surface area contributed by atoms with E-state index in [1.165, 1.54) is 6.07 Å². The topological polar surface area (TPSA) is 95.5 Å². The number of carboxylic acid groups (broad SMARTS) is 1. The van der Waals surface area contributed by atoms with Crippen LogP contribution >= 0.6 is 0 Å². The van der Waals surface area contributed by atoms with E-state index < -0.39 is 12.0 Å². The molecule has 0 aliphatic heterocycles. The summed E-state index contributed by atoms with van der Waals surface area (Å²) in [6.07, 6.45) is 0.350. The number of nitrogens with one attached hydrogen (secondary N) is 2. The number of anilines is 1. The van der Waals surface area contributed by atoms with Crippen LogP contribution in [-0.4, -0.2) is 28.9 Å². The maximum Gasteiger partial charge on any atom is 0.336 e. The molecule has 2 amide bonds. The van der Waals surface area contributed by atoms with Crippen LogP contribution in [0.2, 0.25) is 0 Å². The molecule has 0 spiro atoms. The zero-order chi connectivity index (χ0) is 19.3. The highest BCUT2D eigenvalue weighted by Gasteiger charge is 2.25. The molecule has 1 aromatic carbocycles. The summed E-state index contributed by atoms with van der Waals surface area (Å²) in [5.41, 5.74) is 1.99. The Hall–Kier alpha value is -2.37. The van der Waals surface area contributed by atoms with Crippen molar-refractivity contribution in [2.24, 2.45) is 11.8 Å². The first kappa shape index (κ1) is 20.7. The van der Waals surface area contributed by atoms with E-state index in [9.17, 15) is 19.5 Å². The van der Waals surface area contributed by atoms with Crippen LogP contribution in [0.15, 0.2) is 12.1 Å². The Kier molecular flexibility index (Phi) is 7.15. The summed E-state index contributed by atoms with van der Waals surface area (Å²) in [4.78, 5) is 35.9. The van der Waals surface area contributed by atoms with Gasteiger partial charge in [-0.1, -0.05) is 33.8 Å². The van der Waals surface area contributed by atoms with Gasteiger partial charge in [-0.15, -0.1) is 0 Å². The molecule has 0 radical (unpaired) electrons. The van der Waals surface area contributed by atoms with Crippen LogP contribution in [0.4, 0.5) is 5.69 Å². The third-order valence-electron chi connectivity index (χ3n) is 3.92. The first-order valence-corrected chi connectivity index (χ1v) is 8.47. The molecule has 0 aromatic heterocycles. The second kappa shape index (κ2) is 8.65. The Morgan fingerprint density at radius 1 is 1.04 bits per heavy atom. The van der Waals surface area contributed by atoms with E-state index in [2.05, 4.69) is 10.6 Å². The Morgan fingerprint density at radius 2 is 1.64 bits per heavy atom. The summed E-state index contributed by atoms with van der Waals surface area (Å²) in [6.45, 7) is 11.1. The van der Waals surface area contributed by atoms with E-state index in [1.807, 2.05) is 27.7 Å². The molecule has 0 aliphatic rings. The lowest BCUT2D eigenvalue weighted by Gasteiger charge is -2.23. The highest BCUT2D eigenvalue weighted by Crippen LogP contribution is 2.21. The Balaban J connectivity index is 2.99. The maximum atomic E-state index is 12.6. The predicted molar refractivity (Wildman–Crippen MR) is 97.7 cm³/mol. The van der Waals surface area contributed by atoms with E-state index in [1.54, 1.807) is 19.9 Å². The van der Waals surface area contributed by atoms with Crippen molar-refractivity contribution >= 4 is 23.5 Å². The number of amides is 2. The first-order valence-electron chi connectivity index (χ1n) is 8.47. The van der Waals surface area contributed by atoms with E-state index in [0.717, 1.165) is 5.56 Å². The third-order valence-corrected chi connectivity index (χ3v) is 3.92. The molecule has 1 rings (SSSR count). The fourth-order valence-electron chi connectivity index (χ4n) is 2.57. The first-order chi connectivity index (χ1) is 11.5. The molecule has 0 aliphatic carbocycles. The molecule has 6 heteroatoms. The second-order valence-electron chi connectivity index (χ2n) is 7.16. The quantitative estimate of drug-likeness (QED) is 0.705. The average Bonchev–Trinajstić information content (AvgIpc) is 2.45. The van der Waals surface area contributed by atoms with Gasteiger partial charge in [0.05, 0.1) is 5.56 Å². The highest BCUT2D eigenvalue weighted by molar-refractivity contribution is 5.99. The summed E-state index contributed by atoms with van der Waals surface area (Å²) in [5.74, 6) is -1.46. The van der Waals surface area contributed by atoms with E-state index >= 15 is 0 Å². The van der Waals surface area contributed by atoms with Gasteiger partial charge in [0.2, 0.25) is 11.8 Å². The van der Waals surface area contributed by atoms with E-state index in [0.29, 0.717) is 17.7 Å². The van der Waals surface area contributed by atoms with Crippen LogP contribution in [0.25, 0.3) is 0 Å². The van der Waals surface area contributed by atoms with Gasteiger partial charge in [0.25, 0.3) is 0 Å². The summed E-state index contributed by atoms with van der Waals surface area (Å²) in [5, 5.41) is 14.8. The van der Waals surface area contributed by atoms with Crippen molar-refractivity contribution in [2.75, 3.05) is 5.32 Å². The van der Waals surface area contributed by atoms with Gasteiger partial charge in [0.1, 0.15) is 6.04 Å². The Bertz CT molecular complexity index is 666. The number of carboxylic acids is 1. The van der Waals surface area contributed by atoms with Crippen molar-refractivity contribution < 1.29 is 19.5 Å². The molecule has 0 fully saturated rings. The zero-order valence-electron chi connectivity index (χ0n) is 15.8. The van der Waals surface area contributed by atoms with E-state index in [4.69, 9.17) is 0 Å². The molecule has 0 saturated carbocycles. The predicted octanol–water partition coefficient (Wildman–Crippen LogP) is 3.13. The lowest BCUT2D eigenvalue weighted by Crippen LogP contribution is -2.47. The molecule has 0 saturated heterocycles. The van der Waals surface area contributed by atoms with Gasteiger partial charge in [-0.2, -0.15) is 0 Å². The Labute approximate surface area is 149 Å². The van der Waals surface area contributed by atoms with Gasteiger partial charge < -0.3 is 15.7 Å². The van der Waals surface area contributed by atoms with Crippen LogP contribution in [0.1, 0.15) is 55.6 Å². The van der Waals surface area contributed by atoms with Gasteiger partial charge in [-0.3, -0.25) is 9.59 Å². The van der Waals surface area contributed by atoms with Crippen LogP contribution in [0.5, 0.6) is 0 Å². The maximum absolute atomic E-state index is 12.6. The summed E-state index contributed by atoms with van der Waals surface area (Å²) in [6, 6.07) is 2.50. The smallest absolute Gasteiger partial charge is 0.336 e. The number of benzene rings is 1. The number of aromatic carboxylic acids is 1. The molecule has 0 heterocycles. The monoisotopic (exact) mass is 348 g/mol. The van der Waals surface area contributed by atoms with Gasteiger partial charge in [0.15, 0.2) is 0 Å². The summed E-state index contributed by atoms with van der Waals surface area (Å²) >= 11 is 0. The number of aryl methyl sites for hydroxylation is 2. The van der Waals surface area contributed by atoms with Crippen molar-refractivity contribution in [3.05, 3.63) is 28.8 Å². The van der Waals surface area contributed by atoms with E-state index in [-0.39, 0.29) is 29.2 Å². The standard InChI is InChI=1S/C19H28N2O4/c1-10(2)7-16(22)21-17(11(3)4)18(23)20-15-9-14(19(24)25)12(5)8-13(15)6/h8-11,17H,7H2,1-6H3,(H,20,23)(H,21,22)(H,24,25). The molecule has 1 atom stereocenters. The second-order valence-corrected chi connectivity index (χ2v) is 7.16. The normalized spacial score (nSPS) is 12.2. The lowest BCUT2D eigenvalue weighted by molar-refractivity contribution is -0.127. The SMILES string of the molecule is Cc1cc(C)c(C(=O)O)cc1NC(=O)C(NC(=O)CC(C)C)C(C)C. The molecule has 1 unspecified atom stereocenters. The van der Waals surface area contributed by atoms with Crippen molar-refractivity contribution in [3.63, 3.8) is 0 Å². The van der Waals surface area contributed by atoms with Crippen LogP contribution in [0, 0.1) is 25.7 Å². The van der Waals surface area contributed by atoms with Gasteiger partial charge >= 0.3 is 5.97 Å². The molecule has 25 heavy (non-hydrogen) atoms. The van der Waals surface area contributed by atoms with Crippen molar-refractivity contribution in [1.82, 2.24) is 5.32 Å². The number of hydrogen-bond acceptors (Lipinski definition) is 3. The number of carbonyl (C=O) groups is 3. The Morgan fingerprint density at radius 3 is 2.12 bits per heavy atom. The van der Waals surface area contributed by atoms with Crippen LogP contribution in [0.3, 0.4) is 0 Å². The fourth-order valence-corrected chi connectivity index (χ4v) is 2.57. The van der Waals surface area contributed by atoms with Crippen molar-refractivity contribution in [2.45, 2.75) is 54.0 Å². The van der Waals surface area contributed by atoms with Crippen LogP contribution in [-0.2, 0) is 9.59 Å². The molecule has 0 bridgehead atoms. The fraction of sp³-hybridized carbons (Fsp3) is 0.526. The number of rotatable bonds is 7. The molecule has 3 N–H and O–H groups in total. The highest BCUT2D eigenvalue weighted by atomic mass is 16.4. The number of carbonyl (C=O) groups excluding carboxylic acids is 2. The minimum absolute atomic E-state index is 0.0965. The molecule has 138 valence electrons. The zero-order valence-corrected chi connectivity index (χ0v) is 15.8. The van der Waals surface area contributed by atoms with Gasteiger partial charge in [-0.25, -0.2) is 4.79 Å². The molecular weight excluding hydrogens is 320 g/mol. The summed E-state index contributed by atoms with van der Waals surface area (Å²) in [7, 11) is 0. The van der Waals surface area contributed by atoms with Gasteiger partial charge in [0, 0.05) is 12.1 Å². The van der Waals surface area contributed by atoms with Crippen molar-refractivity contribution in [3.8, 4) is 0 Å². The molecular formula is C19H28N2O4. The van der Waals surface area contributed by atoms with Crippen molar-refractivity contribution in [1.29, 1.82) is 0 Å². The molecule has 1 aromatic rings. The third kappa shape index (κ3) is 5.89. The average molecular weight is 348 g/mol. The minimum Gasteiger partial charge on any atom is -0.478 e. The lowest BCUT2D eigenvalue weighted by atomic mass is 10.0. The summed E-state index contributed by atoms with van der Waals surface area (Å²) < 4.78 is 0. The van der Waals surface area contributed by atoms with Gasteiger partial charge in [-0.05, 0) is 42.9 Å².